The maximum atomic E-state index is 13.5. The van der Waals surface area contributed by atoms with E-state index < -0.39 is 87.4 Å². The fourth-order valence-corrected chi connectivity index (χ4v) is 14.8. The molecule has 0 aliphatic carbocycles. The molecule has 1 aliphatic heterocycles. The molecule has 30 nitrogen and oxygen atoms in total. The van der Waals surface area contributed by atoms with E-state index in [-0.39, 0.29) is 94.7 Å². The minimum absolute atomic E-state index is 0.00907. The highest BCUT2D eigenvalue weighted by molar-refractivity contribution is 7.86. The summed E-state index contributed by atoms with van der Waals surface area (Å²) in [6.45, 7) is 16.2. The van der Waals surface area contributed by atoms with Crippen molar-refractivity contribution in [2.24, 2.45) is 0 Å². The van der Waals surface area contributed by atoms with Gasteiger partial charge in [-0.05, 0) is 167 Å². The highest BCUT2D eigenvalue weighted by Crippen LogP contribution is 2.36. The molecule has 582 valence electrons. The number of hydrogen-bond donors (Lipinski definition) is 9. The Labute approximate surface area is 630 Å². The molecular formula is C72H90N9O21P3S3. The summed E-state index contributed by atoms with van der Waals surface area (Å²) in [5, 5.41) is 7.63. The third kappa shape index (κ3) is 30.0. The van der Waals surface area contributed by atoms with Gasteiger partial charge < -0.3 is 44.8 Å². The number of nitrogens with one attached hydrogen (secondary N) is 3. The number of aryl methyl sites for hydroxylation is 6. The Kier molecular flexibility index (Phi) is 31.0. The molecule has 3 unspecified atom stereocenters. The number of hydrogen-bond acceptors (Lipinski definition) is 21. The van der Waals surface area contributed by atoms with Gasteiger partial charge in [-0.1, -0.05) is 35.5 Å². The summed E-state index contributed by atoms with van der Waals surface area (Å²) in [6.07, 6.45) is 0.0299. The predicted octanol–water partition coefficient (Wildman–Crippen LogP) is 3.64. The summed E-state index contributed by atoms with van der Waals surface area (Å²) in [5.74, 6) is 17.2. The first-order valence-electron chi connectivity index (χ1n) is 34.0. The normalized spacial score (nSPS) is 14.9. The van der Waals surface area contributed by atoms with E-state index in [9.17, 15) is 68.0 Å². The summed E-state index contributed by atoms with van der Waals surface area (Å²) in [4.78, 5) is 91.0. The molecule has 3 amide bonds. The number of benzene rings is 3. The molecular weight excluding hydrogens is 1520 g/mol. The maximum absolute atomic E-state index is 13.5. The summed E-state index contributed by atoms with van der Waals surface area (Å²) < 4.78 is 151. The van der Waals surface area contributed by atoms with Crippen LogP contribution in [0.15, 0.2) is 72.8 Å². The van der Waals surface area contributed by atoms with E-state index in [4.69, 9.17) is 42.8 Å². The number of nitrogens with zero attached hydrogens (tertiary/aromatic N) is 6. The Morgan fingerprint density at radius 3 is 0.824 bits per heavy atom. The zero-order valence-corrected chi connectivity index (χ0v) is 66.5. The lowest BCUT2D eigenvalue weighted by molar-refractivity contribution is -0.123. The molecule has 0 radical (unpaired) electrons. The van der Waals surface area contributed by atoms with Crippen LogP contribution in [0.5, 0.6) is 17.2 Å². The van der Waals surface area contributed by atoms with Crippen LogP contribution in [-0.2, 0) is 78.1 Å². The topological polar surface area (TPSA) is 438 Å². The largest absolute Gasteiger partial charge is 0.484 e. The first kappa shape index (κ1) is 87.0. The van der Waals surface area contributed by atoms with Gasteiger partial charge in [0.2, 0.25) is 22.1 Å². The van der Waals surface area contributed by atoms with Crippen molar-refractivity contribution in [3.05, 3.63) is 157 Å². The Morgan fingerprint density at radius 1 is 0.398 bits per heavy atom. The maximum Gasteiger partial charge on any atom is 0.264 e. The van der Waals surface area contributed by atoms with Gasteiger partial charge in [-0.2, -0.15) is 25.3 Å². The van der Waals surface area contributed by atoms with E-state index in [0.29, 0.717) is 140 Å². The van der Waals surface area contributed by atoms with Crippen LogP contribution in [0.1, 0.15) is 103 Å². The van der Waals surface area contributed by atoms with Crippen LogP contribution in [0.25, 0.3) is 0 Å². The van der Waals surface area contributed by atoms with Crippen LogP contribution < -0.4 is 46.5 Å². The second-order valence-corrected chi connectivity index (χ2v) is 37.8. The second kappa shape index (κ2) is 38.4. The predicted molar refractivity (Wildman–Crippen MR) is 409 cm³/mol. The molecule has 3 aromatic carbocycles. The Hall–Kier alpha value is -8.22. The SMILES string of the molecule is Cc1cc(OCC(=O)NCCCS(=O)(=O)O)cc(C)c1C#Cc1cc(CN2CCN(Cc3cc(C#Cc4c(C)cc(OCC(=O)NCCCS(=O)(=O)O)cc4C)cc(P(C)(=O)O)n3)CCN(Cc3cc(C#Cc4c(C)cc(OCC(=O)NCCCS(=O)(=O)O)cc4C)cc(P(C)(=O)O)n3)CC2)nc(P(C)(=O)O)c1. The fourth-order valence-electron chi connectivity index (χ4n) is 11.2. The lowest BCUT2D eigenvalue weighted by Gasteiger charge is -2.26. The third-order valence-corrected chi connectivity index (χ3v) is 22.2. The molecule has 0 spiro atoms. The lowest BCUT2D eigenvalue weighted by atomic mass is 10.0. The van der Waals surface area contributed by atoms with Crippen LogP contribution in [-0.4, -0.2) is 217 Å². The number of carbonyl (C=O) groups excluding carboxylic acids is 3. The number of ether oxygens (including phenoxy) is 3. The van der Waals surface area contributed by atoms with Gasteiger partial charge in [0.15, 0.2) is 19.8 Å². The van der Waals surface area contributed by atoms with E-state index in [1.165, 1.54) is 38.2 Å². The Bertz CT molecular complexity index is 4490. The standard InChI is InChI=1S/C72H90N9O21P3S3/c1-49-31-61(100-46-67(82)73-19-10-28-106(91,92)93)32-50(2)64(49)16-13-55-37-58(76-70(40-55)103(7,85)86)43-79-22-24-80(44-59-38-56(41-71(77-59)104(8,87)88)14-17-65-51(3)33-62(34-52(65)4)101-47-68(83)74-20-11-29-107(94,95)96)26-27-81(25-23-79)45-60-39-57(42-72(78-60)105(9,89)90)15-18-66-53(5)35-63(36-54(66)6)102-48-69(84)75-21-12-30-108(97,98)99/h31-42H,10-12,19-30,43-48H2,1-9H3,(H,73,82)(H,74,83)(H,75,84)(H,85,86)(H,87,88)(H,89,90)(H,91,92,93)(H,94,95,96)(H,97,98,99). The molecule has 1 aliphatic rings. The molecule has 3 atom stereocenters. The van der Waals surface area contributed by atoms with Crippen LogP contribution in [0, 0.1) is 77.1 Å². The molecule has 3 aromatic heterocycles. The molecule has 0 bridgehead atoms. The van der Waals surface area contributed by atoms with Crippen molar-refractivity contribution in [3.63, 3.8) is 0 Å². The molecule has 6 aromatic rings. The van der Waals surface area contributed by atoms with E-state index in [1.807, 2.05) is 41.5 Å². The van der Waals surface area contributed by atoms with E-state index in [0.717, 1.165) is 0 Å². The summed E-state index contributed by atoms with van der Waals surface area (Å²) >= 11 is 0. The van der Waals surface area contributed by atoms with Crippen LogP contribution >= 0.6 is 22.1 Å². The molecule has 4 heterocycles. The lowest BCUT2D eigenvalue weighted by Crippen LogP contribution is -2.36. The first-order valence-corrected chi connectivity index (χ1v) is 45.1. The number of aromatic nitrogens is 3. The molecule has 1 fully saturated rings. The zero-order chi connectivity index (χ0) is 79.5. The molecule has 9 N–H and O–H groups in total. The third-order valence-electron chi connectivity index (χ3n) is 16.6. The quantitative estimate of drug-likeness (QED) is 0.0134. The van der Waals surface area contributed by atoms with Crippen LogP contribution in [0.2, 0.25) is 0 Å². The van der Waals surface area contributed by atoms with Gasteiger partial charge in [0.25, 0.3) is 48.1 Å². The van der Waals surface area contributed by atoms with Gasteiger partial charge in [0.1, 0.15) is 33.6 Å². The Morgan fingerprint density at radius 2 is 0.620 bits per heavy atom. The van der Waals surface area contributed by atoms with Crippen molar-refractivity contribution in [2.45, 2.75) is 80.4 Å². The number of carbonyl (C=O) groups is 3. The van der Waals surface area contributed by atoms with Crippen molar-refractivity contribution >= 4 is 86.5 Å². The average Bonchev–Trinajstić information content (AvgIpc) is 0.969. The van der Waals surface area contributed by atoms with Gasteiger partial charge in [-0.15, -0.1) is 0 Å². The minimum atomic E-state index is -4.18. The molecule has 108 heavy (non-hydrogen) atoms. The van der Waals surface area contributed by atoms with Gasteiger partial charge in [0.05, 0.1) is 34.3 Å². The zero-order valence-electron chi connectivity index (χ0n) is 61.3. The van der Waals surface area contributed by atoms with Gasteiger partial charge >= 0.3 is 0 Å². The monoisotopic (exact) mass is 1610 g/mol. The van der Waals surface area contributed by atoms with Crippen molar-refractivity contribution in [3.8, 4) is 52.8 Å². The molecule has 36 heteroatoms. The number of amides is 3. The van der Waals surface area contributed by atoms with Gasteiger partial charge in [0, 0.05) is 132 Å². The minimum Gasteiger partial charge on any atom is -0.484 e. The van der Waals surface area contributed by atoms with E-state index in [1.54, 1.807) is 54.6 Å². The van der Waals surface area contributed by atoms with Crippen LogP contribution in [0.3, 0.4) is 0 Å². The van der Waals surface area contributed by atoms with Crippen LogP contribution in [0.4, 0.5) is 0 Å². The smallest absolute Gasteiger partial charge is 0.264 e. The fraction of sp³-hybridized carbons (Fsp3) is 0.417. The molecule has 0 saturated carbocycles. The van der Waals surface area contributed by atoms with E-state index >= 15 is 0 Å². The van der Waals surface area contributed by atoms with Crippen molar-refractivity contribution in [1.82, 2.24) is 45.6 Å². The van der Waals surface area contributed by atoms with Gasteiger partial charge in [-0.25, -0.2) is 15.0 Å². The summed E-state index contributed by atoms with van der Waals surface area (Å²) in [7, 11) is -24.5. The first-order chi connectivity index (χ1) is 50.4. The highest BCUT2D eigenvalue weighted by atomic mass is 32.2. The van der Waals surface area contributed by atoms with Crippen molar-refractivity contribution in [2.75, 3.05) is 116 Å². The van der Waals surface area contributed by atoms with Gasteiger partial charge in [-0.3, -0.25) is 56.4 Å². The molecule has 1 saturated heterocycles. The number of pyridine rings is 3. The Balaban J connectivity index is 1.19. The molecule has 7 rings (SSSR count). The van der Waals surface area contributed by atoms with E-state index in [2.05, 4.69) is 66.2 Å². The second-order valence-electron chi connectivity index (χ2n) is 26.5. The average molecular weight is 1610 g/mol. The van der Waals surface area contributed by atoms with Crippen molar-refractivity contribution < 1.29 is 95.9 Å². The van der Waals surface area contributed by atoms with Crippen molar-refractivity contribution in [1.29, 1.82) is 0 Å². The summed E-state index contributed by atoms with van der Waals surface area (Å²) in [6, 6.07) is 19.8. The number of rotatable bonds is 30. The highest BCUT2D eigenvalue weighted by Gasteiger charge is 2.26. The summed E-state index contributed by atoms with van der Waals surface area (Å²) in [5.41, 5.74) is 8.28.